The van der Waals surface area contributed by atoms with Gasteiger partial charge in [0.15, 0.2) is 0 Å². The zero-order valence-corrected chi connectivity index (χ0v) is 13.1. The monoisotopic (exact) mass is 282 g/mol. The molecule has 4 heteroatoms. The zero-order chi connectivity index (χ0) is 14.4. The average molecular weight is 282 g/mol. The van der Waals surface area contributed by atoms with E-state index >= 15 is 0 Å². The first-order valence-electron chi connectivity index (χ1n) is 8.31. The fraction of sp³-hybridized carbons (Fsp3) is 0.938. The standard InChI is InChI=1S/C16H30N2O2/c1-3-20-16(19)12-18-10-13(2)9-15(11-18)17-14-7-5-4-6-8-14/h13-15,17H,3-12H2,1-2H3. The summed E-state index contributed by atoms with van der Waals surface area (Å²) in [5.74, 6) is 0.567. The molecule has 0 amide bonds. The van der Waals surface area contributed by atoms with Gasteiger partial charge in [-0.2, -0.15) is 0 Å². The van der Waals surface area contributed by atoms with E-state index in [4.69, 9.17) is 4.74 Å². The molecule has 2 atom stereocenters. The van der Waals surface area contributed by atoms with E-state index in [1.807, 2.05) is 6.92 Å². The number of piperidine rings is 1. The molecule has 0 radical (unpaired) electrons. The minimum absolute atomic E-state index is 0.0852. The lowest BCUT2D eigenvalue weighted by Crippen LogP contribution is -2.52. The number of rotatable bonds is 5. The van der Waals surface area contributed by atoms with Crippen molar-refractivity contribution in [3.8, 4) is 0 Å². The molecular weight excluding hydrogens is 252 g/mol. The number of nitrogens with zero attached hydrogens (tertiary/aromatic N) is 1. The highest BCUT2D eigenvalue weighted by Gasteiger charge is 2.28. The van der Waals surface area contributed by atoms with Crippen molar-refractivity contribution in [2.75, 3.05) is 26.2 Å². The molecule has 1 heterocycles. The van der Waals surface area contributed by atoms with Crippen LogP contribution in [0, 0.1) is 5.92 Å². The molecule has 2 rings (SSSR count). The third-order valence-corrected chi connectivity index (χ3v) is 4.47. The molecule has 4 nitrogen and oxygen atoms in total. The molecule has 1 saturated heterocycles. The van der Waals surface area contributed by atoms with Gasteiger partial charge in [0.1, 0.15) is 0 Å². The molecule has 1 aliphatic heterocycles. The van der Waals surface area contributed by atoms with Crippen molar-refractivity contribution in [2.24, 2.45) is 5.92 Å². The molecule has 1 saturated carbocycles. The predicted octanol–water partition coefficient (Wildman–Crippen LogP) is 2.18. The Morgan fingerprint density at radius 1 is 1.20 bits per heavy atom. The maximum absolute atomic E-state index is 11.6. The van der Waals surface area contributed by atoms with Crippen LogP contribution in [-0.2, 0) is 9.53 Å². The van der Waals surface area contributed by atoms with Gasteiger partial charge in [0.2, 0.25) is 0 Å². The van der Waals surface area contributed by atoms with Gasteiger partial charge in [0.05, 0.1) is 13.2 Å². The second kappa shape index (κ2) is 7.99. The van der Waals surface area contributed by atoms with Crippen LogP contribution >= 0.6 is 0 Å². The summed E-state index contributed by atoms with van der Waals surface area (Å²) in [5, 5.41) is 3.83. The Kier molecular flexibility index (Phi) is 6.30. The number of hydrogen-bond donors (Lipinski definition) is 1. The van der Waals surface area contributed by atoms with Crippen LogP contribution in [0.15, 0.2) is 0 Å². The quantitative estimate of drug-likeness (QED) is 0.785. The normalized spacial score (nSPS) is 29.3. The molecular formula is C16H30N2O2. The Balaban J connectivity index is 1.79. The minimum atomic E-state index is -0.0852. The maximum atomic E-state index is 11.6. The van der Waals surface area contributed by atoms with Gasteiger partial charge in [-0.05, 0) is 32.1 Å². The van der Waals surface area contributed by atoms with Crippen LogP contribution in [0.25, 0.3) is 0 Å². The van der Waals surface area contributed by atoms with E-state index in [2.05, 4.69) is 17.1 Å². The van der Waals surface area contributed by atoms with Crippen LogP contribution in [0.3, 0.4) is 0 Å². The lowest BCUT2D eigenvalue weighted by molar-refractivity contribution is -0.145. The Labute approximate surface area is 123 Å². The van der Waals surface area contributed by atoms with E-state index in [1.54, 1.807) is 0 Å². The van der Waals surface area contributed by atoms with Gasteiger partial charge in [-0.1, -0.05) is 26.2 Å². The fourth-order valence-electron chi connectivity index (χ4n) is 3.70. The van der Waals surface area contributed by atoms with Gasteiger partial charge in [-0.3, -0.25) is 9.69 Å². The first-order chi connectivity index (χ1) is 9.67. The highest BCUT2D eigenvalue weighted by atomic mass is 16.5. The molecule has 116 valence electrons. The summed E-state index contributed by atoms with van der Waals surface area (Å²) in [6.07, 6.45) is 8.01. The van der Waals surface area contributed by atoms with Crippen molar-refractivity contribution in [2.45, 2.75) is 64.5 Å². The number of ether oxygens (including phenoxy) is 1. The Morgan fingerprint density at radius 2 is 1.95 bits per heavy atom. The Hall–Kier alpha value is -0.610. The summed E-state index contributed by atoms with van der Waals surface area (Å²) in [6, 6.07) is 1.24. The second-order valence-corrected chi connectivity index (χ2v) is 6.54. The first kappa shape index (κ1) is 15.8. The molecule has 0 bridgehead atoms. The summed E-state index contributed by atoms with van der Waals surface area (Å²) >= 11 is 0. The fourth-order valence-corrected chi connectivity index (χ4v) is 3.70. The molecule has 0 spiro atoms. The predicted molar refractivity (Wildman–Crippen MR) is 80.7 cm³/mol. The van der Waals surface area contributed by atoms with Crippen molar-refractivity contribution in [3.05, 3.63) is 0 Å². The number of hydrogen-bond acceptors (Lipinski definition) is 4. The van der Waals surface area contributed by atoms with Crippen LogP contribution in [0.5, 0.6) is 0 Å². The van der Waals surface area contributed by atoms with E-state index in [9.17, 15) is 4.79 Å². The average Bonchev–Trinajstić information content (AvgIpc) is 2.39. The smallest absolute Gasteiger partial charge is 0.320 e. The van der Waals surface area contributed by atoms with Crippen molar-refractivity contribution in [3.63, 3.8) is 0 Å². The van der Waals surface area contributed by atoms with Crippen molar-refractivity contribution in [1.29, 1.82) is 0 Å². The summed E-state index contributed by atoms with van der Waals surface area (Å²) in [5.41, 5.74) is 0. The summed E-state index contributed by atoms with van der Waals surface area (Å²) in [7, 11) is 0. The zero-order valence-electron chi connectivity index (χ0n) is 13.1. The molecule has 0 aromatic rings. The topological polar surface area (TPSA) is 41.6 Å². The third kappa shape index (κ3) is 5.06. The highest BCUT2D eigenvalue weighted by molar-refractivity contribution is 5.71. The van der Waals surface area contributed by atoms with E-state index in [-0.39, 0.29) is 5.97 Å². The van der Waals surface area contributed by atoms with Gasteiger partial charge in [0, 0.05) is 25.2 Å². The highest BCUT2D eigenvalue weighted by Crippen LogP contribution is 2.21. The Morgan fingerprint density at radius 3 is 2.65 bits per heavy atom. The molecule has 0 aromatic heterocycles. The summed E-state index contributed by atoms with van der Waals surface area (Å²) in [4.78, 5) is 13.9. The minimum Gasteiger partial charge on any atom is -0.465 e. The first-order valence-corrected chi connectivity index (χ1v) is 8.31. The number of nitrogens with one attached hydrogen (secondary N) is 1. The van der Waals surface area contributed by atoms with Crippen LogP contribution in [0.2, 0.25) is 0 Å². The molecule has 0 aromatic carbocycles. The molecule has 1 N–H and O–H groups in total. The van der Waals surface area contributed by atoms with Crippen molar-refractivity contribution < 1.29 is 9.53 Å². The van der Waals surface area contributed by atoms with Crippen LogP contribution in [-0.4, -0.2) is 49.2 Å². The third-order valence-electron chi connectivity index (χ3n) is 4.47. The molecule has 20 heavy (non-hydrogen) atoms. The number of carbonyl (C=O) groups is 1. The number of esters is 1. The van der Waals surface area contributed by atoms with Gasteiger partial charge < -0.3 is 10.1 Å². The van der Waals surface area contributed by atoms with Crippen molar-refractivity contribution >= 4 is 5.97 Å². The van der Waals surface area contributed by atoms with Gasteiger partial charge in [-0.25, -0.2) is 0 Å². The molecule has 2 unspecified atom stereocenters. The summed E-state index contributed by atoms with van der Waals surface area (Å²) < 4.78 is 5.06. The van der Waals surface area contributed by atoms with Gasteiger partial charge >= 0.3 is 5.97 Å². The van der Waals surface area contributed by atoms with Crippen LogP contribution in [0.4, 0.5) is 0 Å². The number of carbonyl (C=O) groups excluding carboxylic acids is 1. The molecule has 1 aliphatic carbocycles. The largest absolute Gasteiger partial charge is 0.465 e. The van der Waals surface area contributed by atoms with E-state index in [0.717, 1.165) is 13.1 Å². The van der Waals surface area contributed by atoms with Gasteiger partial charge in [0.25, 0.3) is 0 Å². The summed E-state index contributed by atoms with van der Waals surface area (Å²) in [6.45, 7) is 7.07. The molecule has 2 aliphatic rings. The van der Waals surface area contributed by atoms with E-state index < -0.39 is 0 Å². The lowest BCUT2D eigenvalue weighted by Gasteiger charge is -2.38. The second-order valence-electron chi connectivity index (χ2n) is 6.54. The SMILES string of the molecule is CCOC(=O)CN1CC(C)CC(NC2CCCCC2)C1. The van der Waals surface area contributed by atoms with Crippen LogP contribution < -0.4 is 5.32 Å². The molecule has 2 fully saturated rings. The van der Waals surface area contributed by atoms with E-state index in [1.165, 1.54) is 38.5 Å². The maximum Gasteiger partial charge on any atom is 0.320 e. The van der Waals surface area contributed by atoms with Crippen molar-refractivity contribution in [1.82, 2.24) is 10.2 Å². The Bertz CT molecular complexity index is 303. The van der Waals surface area contributed by atoms with Gasteiger partial charge in [-0.15, -0.1) is 0 Å². The lowest BCUT2D eigenvalue weighted by atomic mass is 9.91. The van der Waals surface area contributed by atoms with E-state index in [0.29, 0.717) is 31.2 Å². The van der Waals surface area contributed by atoms with Crippen LogP contribution in [0.1, 0.15) is 52.4 Å². The number of likely N-dealkylation sites (tertiary alicyclic amines) is 1.